The fourth-order valence-electron chi connectivity index (χ4n) is 2.49. The van der Waals surface area contributed by atoms with Gasteiger partial charge in [0.25, 0.3) is 17.3 Å². The second kappa shape index (κ2) is 5.73. The number of anilines is 1. The molecule has 0 atom stereocenters. The molecule has 1 aliphatic rings. The molecule has 1 aromatic carbocycles. The van der Waals surface area contributed by atoms with E-state index in [9.17, 15) is 25.0 Å². The van der Waals surface area contributed by atoms with Crippen molar-refractivity contribution in [1.29, 1.82) is 0 Å². The smallest absolute Gasteiger partial charge is 0.300 e. The summed E-state index contributed by atoms with van der Waals surface area (Å²) in [5, 5.41) is 22.1. The van der Waals surface area contributed by atoms with Crippen LogP contribution in [0.2, 0.25) is 0 Å². The van der Waals surface area contributed by atoms with Gasteiger partial charge in [-0.15, -0.1) is 0 Å². The maximum absolute atomic E-state index is 11.6. The number of carbonyl (C=O) groups is 1. The zero-order valence-corrected chi connectivity index (χ0v) is 11.2. The molecule has 0 bridgehead atoms. The second-order valence-corrected chi connectivity index (χ2v) is 4.79. The molecule has 21 heavy (non-hydrogen) atoms. The summed E-state index contributed by atoms with van der Waals surface area (Å²) >= 11 is 0. The fraction of sp³-hybridized carbons (Fsp3) is 0.417. The summed E-state index contributed by atoms with van der Waals surface area (Å²) in [6.45, 7) is 1.11. The average Bonchev–Trinajstić information content (AvgIpc) is 2.46. The van der Waals surface area contributed by atoms with E-state index in [0.717, 1.165) is 31.4 Å². The number of hydrogen-bond acceptors (Lipinski definition) is 6. The summed E-state index contributed by atoms with van der Waals surface area (Å²) in [5.74, 6) is -0.914. The van der Waals surface area contributed by atoms with Crippen molar-refractivity contribution < 1.29 is 14.6 Å². The lowest BCUT2D eigenvalue weighted by atomic mass is 10.0. The highest BCUT2D eigenvalue weighted by atomic mass is 16.6. The molecule has 1 heterocycles. The molecule has 112 valence electrons. The van der Waals surface area contributed by atoms with E-state index < -0.39 is 27.1 Å². The van der Waals surface area contributed by atoms with Gasteiger partial charge in [0, 0.05) is 19.2 Å². The predicted octanol–water partition coefficient (Wildman–Crippen LogP) is 1.59. The molecule has 1 amide bonds. The van der Waals surface area contributed by atoms with E-state index in [2.05, 4.69) is 0 Å². The van der Waals surface area contributed by atoms with Gasteiger partial charge in [0.2, 0.25) is 0 Å². The third-order valence-electron chi connectivity index (χ3n) is 3.42. The van der Waals surface area contributed by atoms with Crippen LogP contribution in [0.3, 0.4) is 0 Å². The number of piperidine rings is 1. The number of nitrogens with two attached hydrogens (primary N) is 1. The predicted molar refractivity (Wildman–Crippen MR) is 74.3 cm³/mol. The maximum Gasteiger partial charge on any atom is 0.300 e. The zero-order valence-electron chi connectivity index (χ0n) is 11.2. The van der Waals surface area contributed by atoms with Crippen molar-refractivity contribution in [1.82, 2.24) is 0 Å². The molecule has 0 radical (unpaired) electrons. The highest BCUT2D eigenvalue weighted by Crippen LogP contribution is 2.37. The third-order valence-corrected chi connectivity index (χ3v) is 3.42. The molecule has 0 spiro atoms. The molecular weight excluding hydrogens is 280 g/mol. The number of primary amides is 1. The number of amides is 1. The van der Waals surface area contributed by atoms with E-state index in [-0.39, 0.29) is 11.3 Å². The van der Waals surface area contributed by atoms with Crippen LogP contribution in [0.25, 0.3) is 0 Å². The number of nitrogens with zero attached hydrogens (tertiary/aromatic N) is 3. The molecule has 2 N–H and O–H groups in total. The van der Waals surface area contributed by atoms with Gasteiger partial charge in [-0.3, -0.25) is 25.0 Å². The second-order valence-electron chi connectivity index (χ2n) is 4.79. The third kappa shape index (κ3) is 2.91. The van der Waals surface area contributed by atoms with Gasteiger partial charge < -0.3 is 10.6 Å². The Morgan fingerprint density at radius 2 is 1.71 bits per heavy atom. The Bertz CT molecular complexity index is 575. The Kier molecular flexibility index (Phi) is 4.01. The van der Waals surface area contributed by atoms with Crippen LogP contribution in [-0.4, -0.2) is 28.8 Å². The fourth-order valence-corrected chi connectivity index (χ4v) is 2.49. The minimum absolute atomic E-state index is 0.0813. The highest BCUT2D eigenvalue weighted by Gasteiger charge is 2.30. The van der Waals surface area contributed by atoms with E-state index >= 15 is 0 Å². The molecule has 9 nitrogen and oxygen atoms in total. The first-order chi connectivity index (χ1) is 9.91. The molecule has 9 heteroatoms. The van der Waals surface area contributed by atoms with Gasteiger partial charge in [0.1, 0.15) is 5.69 Å². The van der Waals surface area contributed by atoms with Gasteiger partial charge >= 0.3 is 0 Å². The summed E-state index contributed by atoms with van der Waals surface area (Å²) in [5.41, 5.74) is 4.17. The Hall–Kier alpha value is -2.71. The summed E-state index contributed by atoms with van der Waals surface area (Å²) in [6.07, 6.45) is 2.68. The number of rotatable bonds is 4. The zero-order chi connectivity index (χ0) is 15.6. The number of hydrogen-bond donors (Lipinski definition) is 1. The molecule has 0 aliphatic carbocycles. The molecule has 0 unspecified atom stereocenters. The van der Waals surface area contributed by atoms with E-state index in [0.29, 0.717) is 13.1 Å². The first-order valence-corrected chi connectivity index (χ1v) is 6.43. The molecular formula is C12H14N4O5. The number of non-ortho nitro benzene ring substituents is 1. The Morgan fingerprint density at radius 3 is 2.19 bits per heavy atom. The van der Waals surface area contributed by atoms with Gasteiger partial charge in [-0.2, -0.15) is 0 Å². The first kappa shape index (κ1) is 14.7. The number of nitro groups is 2. The summed E-state index contributed by atoms with van der Waals surface area (Å²) in [6, 6.07) is 1.87. The molecule has 1 aliphatic heterocycles. The Balaban J connectivity index is 2.66. The largest absolute Gasteiger partial charge is 0.366 e. The number of nitro benzene ring substituents is 2. The van der Waals surface area contributed by atoms with Crippen molar-refractivity contribution in [2.24, 2.45) is 5.73 Å². The van der Waals surface area contributed by atoms with Crippen LogP contribution in [-0.2, 0) is 0 Å². The molecule has 2 rings (SSSR count). The monoisotopic (exact) mass is 294 g/mol. The number of benzene rings is 1. The lowest BCUT2D eigenvalue weighted by molar-refractivity contribution is -0.393. The lowest BCUT2D eigenvalue weighted by Gasteiger charge is -2.29. The number of carbonyl (C=O) groups excluding carboxylic acids is 1. The molecule has 1 saturated heterocycles. The van der Waals surface area contributed by atoms with Crippen molar-refractivity contribution in [3.8, 4) is 0 Å². The average molecular weight is 294 g/mol. The SMILES string of the molecule is NC(=O)c1cc([N+](=O)[O-])cc([N+](=O)[O-])c1N1CCCCC1. The quantitative estimate of drug-likeness (QED) is 0.662. The van der Waals surface area contributed by atoms with Crippen molar-refractivity contribution in [3.05, 3.63) is 37.9 Å². The van der Waals surface area contributed by atoms with Crippen LogP contribution in [0.1, 0.15) is 29.6 Å². The lowest BCUT2D eigenvalue weighted by Crippen LogP contribution is -2.32. The van der Waals surface area contributed by atoms with E-state index in [1.807, 2.05) is 0 Å². The van der Waals surface area contributed by atoms with Crippen molar-refractivity contribution >= 4 is 23.0 Å². The Morgan fingerprint density at radius 1 is 1.10 bits per heavy atom. The molecule has 1 aromatic rings. The van der Waals surface area contributed by atoms with Crippen LogP contribution >= 0.6 is 0 Å². The van der Waals surface area contributed by atoms with E-state index in [4.69, 9.17) is 5.73 Å². The summed E-state index contributed by atoms with van der Waals surface area (Å²) in [4.78, 5) is 33.8. The van der Waals surface area contributed by atoms with Crippen molar-refractivity contribution in [2.75, 3.05) is 18.0 Å². The first-order valence-electron chi connectivity index (χ1n) is 6.43. The van der Waals surface area contributed by atoms with Crippen molar-refractivity contribution in [2.45, 2.75) is 19.3 Å². The standard InChI is InChI=1S/C12H14N4O5/c13-12(17)9-6-8(15(18)19)7-10(16(20)21)11(9)14-4-2-1-3-5-14/h6-7H,1-5H2,(H2,13,17). The topological polar surface area (TPSA) is 133 Å². The van der Waals surface area contributed by atoms with E-state index in [1.54, 1.807) is 4.90 Å². The van der Waals surface area contributed by atoms with Crippen LogP contribution in [0, 0.1) is 20.2 Å². The van der Waals surface area contributed by atoms with Gasteiger partial charge in [-0.25, -0.2) is 0 Å². The minimum Gasteiger partial charge on any atom is -0.366 e. The van der Waals surface area contributed by atoms with Crippen molar-refractivity contribution in [3.63, 3.8) is 0 Å². The molecule has 0 saturated carbocycles. The van der Waals surface area contributed by atoms with Crippen LogP contribution in [0.15, 0.2) is 12.1 Å². The summed E-state index contributed by atoms with van der Waals surface area (Å²) < 4.78 is 0. The summed E-state index contributed by atoms with van der Waals surface area (Å²) in [7, 11) is 0. The van der Waals surface area contributed by atoms with Gasteiger partial charge in [-0.05, 0) is 19.3 Å². The highest BCUT2D eigenvalue weighted by molar-refractivity contribution is 6.01. The molecule has 1 fully saturated rings. The van der Waals surface area contributed by atoms with Crippen LogP contribution < -0.4 is 10.6 Å². The maximum atomic E-state index is 11.6. The van der Waals surface area contributed by atoms with Gasteiger partial charge in [-0.1, -0.05) is 0 Å². The normalized spacial score (nSPS) is 14.8. The Labute approximate surface area is 119 Å². The molecule has 0 aromatic heterocycles. The van der Waals surface area contributed by atoms with Gasteiger partial charge in [0.15, 0.2) is 0 Å². The van der Waals surface area contributed by atoms with Gasteiger partial charge in [0.05, 0.1) is 21.5 Å². The van der Waals surface area contributed by atoms with Crippen LogP contribution in [0.5, 0.6) is 0 Å². The van der Waals surface area contributed by atoms with Crippen LogP contribution in [0.4, 0.5) is 17.1 Å². The van der Waals surface area contributed by atoms with E-state index in [1.165, 1.54) is 0 Å². The minimum atomic E-state index is -0.914.